The molecule has 1 aromatic rings. The van der Waals surface area contributed by atoms with Gasteiger partial charge in [-0.25, -0.2) is 0 Å². The number of hydrogen-bond donors (Lipinski definition) is 4. The van der Waals surface area contributed by atoms with E-state index in [4.69, 9.17) is 11.5 Å². The van der Waals surface area contributed by atoms with Crippen molar-refractivity contribution in [3.05, 3.63) is 23.3 Å². The summed E-state index contributed by atoms with van der Waals surface area (Å²) in [5.41, 5.74) is 8.60. The minimum atomic E-state index is -2.72. The molecule has 0 bridgehead atoms. The Kier molecular flexibility index (Phi) is 4.56. The van der Waals surface area contributed by atoms with E-state index >= 15 is 0 Å². The van der Waals surface area contributed by atoms with Crippen LogP contribution >= 0.6 is 0 Å². The predicted octanol–water partition coefficient (Wildman–Crippen LogP) is -1.55. The number of phenolic OH excluding ortho intramolecular Hbond substituents is 1. The topological polar surface area (TPSA) is 181 Å². The standard InChI is InChI=1S/C21H23N3O7/c1-24(2)14-9-6-8-5-7-3-4-10(22)15(25)11(7)16(26)12(8)18(28)21(9,31)19(29)13(17(14)27)20(23)30/h3-4,8-9,12-14,25,31H,5-6,22H2,1-2H3,(H2,23,30)/t8-,9-,12?,13?,14-,21-/m0/s1. The number of rotatable bonds is 2. The van der Waals surface area contributed by atoms with Crippen LogP contribution in [0.2, 0.25) is 0 Å². The Bertz CT molecular complexity index is 1070. The molecule has 0 aliphatic heterocycles. The van der Waals surface area contributed by atoms with E-state index in [0.29, 0.717) is 5.56 Å². The van der Waals surface area contributed by atoms with Gasteiger partial charge in [0.25, 0.3) is 0 Å². The van der Waals surface area contributed by atoms with E-state index < -0.39 is 70.1 Å². The molecule has 2 saturated carbocycles. The number of amides is 1. The molecule has 2 unspecified atom stereocenters. The number of nitrogens with zero attached hydrogens (tertiary/aromatic N) is 1. The van der Waals surface area contributed by atoms with Gasteiger partial charge in [0.2, 0.25) is 5.91 Å². The summed E-state index contributed by atoms with van der Waals surface area (Å²) in [6.07, 6.45) is 0.245. The molecule has 6 atom stereocenters. The molecule has 0 radical (unpaired) electrons. The summed E-state index contributed by atoms with van der Waals surface area (Å²) < 4.78 is 0. The molecule has 3 aliphatic carbocycles. The summed E-state index contributed by atoms with van der Waals surface area (Å²) >= 11 is 0. The van der Waals surface area contributed by atoms with Gasteiger partial charge in [0, 0.05) is 5.92 Å². The van der Waals surface area contributed by atoms with Gasteiger partial charge in [-0.15, -0.1) is 0 Å². The van der Waals surface area contributed by atoms with Gasteiger partial charge in [-0.1, -0.05) is 6.07 Å². The van der Waals surface area contributed by atoms with Crippen molar-refractivity contribution in [3.8, 4) is 5.75 Å². The third kappa shape index (κ3) is 2.61. The summed E-state index contributed by atoms with van der Waals surface area (Å²) in [7, 11) is 3.07. The average molecular weight is 429 g/mol. The van der Waals surface area contributed by atoms with E-state index in [1.807, 2.05) is 0 Å². The normalized spacial score (nSPS) is 34.9. The molecule has 164 valence electrons. The number of Topliss-reactive ketones (excluding diaryl/α,β-unsaturated/α-hetero) is 4. The highest BCUT2D eigenvalue weighted by atomic mass is 16.3. The van der Waals surface area contributed by atoms with Crippen molar-refractivity contribution in [1.29, 1.82) is 0 Å². The highest BCUT2D eigenvalue weighted by Crippen LogP contribution is 2.50. The molecule has 6 N–H and O–H groups in total. The summed E-state index contributed by atoms with van der Waals surface area (Å²) in [4.78, 5) is 66.0. The number of fused-ring (bicyclic) bond motifs is 3. The molecule has 4 rings (SSSR count). The monoisotopic (exact) mass is 429 g/mol. The van der Waals surface area contributed by atoms with Crippen LogP contribution in [-0.2, 0) is 25.6 Å². The molecule has 3 aliphatic rings. The third-order valence-corrected chi connectivity index (χ3v) is 6.97. The van der Waals surface area contributed by atoms with Crippen LogP contribution in [0, 0.1) is 23.7 Å². The number of hydrogen-bond acceptors (Lipinski definition) is 9. The summed E-state index contributed by atoms with van der Waals surface area (Å²) in [6, 6.07) is 1.94. The lowest BCUT2D eigenvalue weighted by molar-refractivity contribution is -0.181. The van der Waals surface area contributed by atoms with Crippen molar-refractivity contribution < 1.29 is 34.2 Å². The van der Waals surface area contributed by atoms with Crippen LogP contribution in [0.25, 0.3) is 0 Å². The minimum Gasteiger partial charge on any atom is -0.505 e. The van der Waals surface area contributed by atoms with Crippen LogP contribution in [0.15, 0.2) is 12.1 Å². The van der Waals surface area contributed by atoms with E-state index in [1.54, 1.807) is 6.07 Å². The van der Waals surface area contributed by atoms with Crippen molar-refractivity contribution in [2.45, 2.75) is 24.5 Å². The van der Waals surface area contributed by atoms with Crippen molar-refractivity contribution in [2.75, 3.05) is 19.8 Å². The number of likely N-dealkylation sites (N-methyl/N-ethyl adjacent to an activating group) is 1. The maximum atomic E-state index is 13.5. The number of aliphatic hydroxyl groups is 1. The van der Waals surface area contributed by atoms with Gasteiger partial charge < -0.3 is 21.7 Å². The Morgan fingerprint density at radius 3 is 2.39 bits per heavy atom. The molecule has 2 fully saturated rings. The minimum absolute atomic E-state index is 0.0229. The quantitative estimate of drug-likeness (QED) is 0.246. The second-order valence-electron chi connectivity index (χ2n) is 8.83. The van der Waals surface area contributed by atoms with E-state index in [0.717, 1.165) is 0 Å². The van der Waals surface area contributed by atoms with Crippen LogP contribution in [-0.4, -0.2) is 69.9 Å². The first-order valence-electron chi connectivity index (χ1n) is 9.87. The Hall–Kier alpha value is -3.11. The number of benzene rings is 1. The van der Waals surface area contributed by atoms with E-state index in [-0.39, 0.29) is 24.1 Å². The summed E-state index contributed by atoms with van der Waals surface area (Å²) in [6.45, 7) is 0. The first-order chi connectivity index (χ1) is 14.4. The highest BCUT2D eigenvalue weighted by Gasteiger charge is 2.69. The smallest absolute Gasteiger partial charge is 0.235 e. The first-order valence-corrected chi connectivity index (χ1v) is 9.87. The first kappa shape index (κ1) is 21.1. The van der Waals surface area contributed by atoms with Gasteiger partial charge in [-0.2, -0.15) is 0 Å². The number of primary amides is 1. The number of phenols is 1. The molecular weight excluding hydrogens is 406 g/mol. The molecule has 10 heteroatoms. The lowest BCUT2D eigenvalue weighted by atomic mass is 9.52. The van der Waals surface area contributed by atoms with Gasteiger partial charge in [0.1, 0.15) is 5.75 Å². The Morgan fingerprint density at radius 1 is 1.16 bits per heavy atom. The maximum absolute atomic E-state index is 13.5. The fourth-order valence-corrected chi connectivity index (χ4v) is 5.60. The van der Waals surface area contributed by atoms with Crippen LogP contribution in [0.1, 0.15) is 22.3 Å². The average Bonchev–Trinajstić information content (AvgIpc) is 2.67. The second kappa shape index (κ2) is 6.69. The van der Waals surface area contributed by atoms with E-state index in [9.17, 15) is 34.2 Å². The van der Waals surface area contributed by atoms with Gasteiger partial charge in [0.15, 0.2) is 34.7 Å². The summed E-state index contributed by atoms with van der Waals surface area (Å²) in [5, 5.41) is 21.7. The number of nitrogen functional groups attached to an aromatic ring is 1. The number of carbonyl (C=O) groups excluding carboxylic acids is 5. The lowest BCUT2D eigenvalue weighted by Crippen LogP contribution is -2.74. The van der Waals surface area contributed by atoms with Gasteiger partial charge in [-0.05, 0) is 44.5 Å². The number of nitrogens with two attached hydrogens (primary N) is 2. The third-order valence-electron chi connectivity index (χ3n) is 6.97. The number of anilines is 1. The van der Waals surface area contributed by atoms with Crippen LogP contribution in [0.5, 0.6) is 5.75 Å². The largest absolute Gasteiger partial charge is 0.505 e. The highest BCUT2D eigenvalue weighted by molar-refractivity contribution is 6.32. The second-order valence-corrected chi connectivity index (χ2v) is 8.83. The Labute approximate surface area is 177 Å². The van der Waals surface area contributed by atoms with E-state index in [2.05, 4.69) is 0 Å². The van der Waals surface area contributed by atoms with Crippen LogP contribution < -0.4 is 11.5 Å². The van der Waals surface area contributed by atoms with Gasteiger partial charge in [0.05, 0.1) is 23.2 Å². The molecule has 1 amide bonds. The van der Waals surface area contributed by atoms with Gasteiger partial charge in [-0.3, -0.25) is 28.9 Å². The predicted molar refractivity (Wildman–Crippen MR) is 106 cm³/mol. The van der Waals surface area contributed by atoms with Crippen molar-refractivity contribution in [1.82, 2.24) is 4.90 Å². The Balaban J connectivity index is 1.87. The molecule has 0 aromatic heterocycles. The van der Waals surface area contributed by atoms with Gasteiger partial charge >= 0.3 is 0 Å². The van der Waals surface area contributed by atoms with Crippen molar-refractivity contribution >= 4 is 34.7 Å². The SMILES string of the molecule is CN(C)[C@@H]1C(=O)C(C(N)=O)C(=O)[C@@]2(O)C(=O)C3C(=O)c4c(ccc(N)c4O)C[C@H]3C[C@@H]12. The molecule has 0 saturated heterocycles. The van der Waals surface area contributed by atoms with Crippen LogP contribution in [0.4, 0.5) is 5.69 Å². The van der Waals surface area contributed by atoms with E-state index in [1.165, 1.54) is 25.1 Å². The van der Waals surface area contributed by atoms with Crippen molar-refractivity contribution in [2.24, 2.45) is 29.4 Å². The number of carbonyl (C=O) groups is 5. The molecule has 31 heavy (non-hydrogen) atoms. The molecule has 1 aromatic carbocycles. The fourth-order valence-electron chi connectivity index (χ4n) is 5.60. The van der Waals surface area contributed by atoms with Crippen LogP contribution in [0.3, 0.4) is 0 Å². The lowest BCUT2D eigenvalue weighted by Gasteiger charge is -2.52. The molecule has 0 heterocycles. The van der Waals surface area contributed by atoms with Crippen molar-refractivity contribution in [3.63, 3.8) is 0 Å². The fraction of sp³-hybridized carbons (Fsp3) is 0.476. The molecule has 10 nitrogen and oxygen atoms in total. The number of ketones is 4. The zero-order chi connectivity index (χ0) is 23.0. The molecule has 0 spiro atoms. The molecular formula is C21H23N3O7. The maximum Gasteiger partial charge on any atom is 0.235 e. The Morgan fingerprint density at radius 2 is 1.81 bits per heavy atom. The zero-order valence-electron chi connectivity index (χ0n) is 17.0. The number of aromatic hydroxyl groups is 1. The zero-order valence-corrected chi connectivity index (χ0v) is 17.0. The summed E-state index contributed by atoms with van der Waals surface area (Å²) in [5.74, 6) is -10.7.